The molecule has 1 aromatic carbocycles. The van der Waals surface area contributed by atoms with Gasteiger partial charge < -0.3 is 10.6 Å². The van der Waals surface area contributed by atoms with E-state index >= 15 is 0 Å². The lowest BCUT2D eigenvalue weighted by Gasteiger charge is -2.24. The average molecular weight is 188 g/mol. The Morgan fingerprint density at radius 1 is 1.29 bits per heavy atom. The fourth-order valence-corrected chi connectivity index (χ4v) is 2.69. The fraction of sp³-hybridized carbons (Fsp3) is 0.500. The minimum Gasteiger partial charge on any atom is -0.397 e. The third kappa shape index (κ3) is 1.10. The zero-order chi connectivity index (χ0) is 9.71. The molecular weight excluding hydrogens is 172 g/mol. The van der Waals surface area contributed by atoms with Crippen molar-refractivity contribution in [3.05, 3.63) is 23.8 Å². The second-order valence-electron chi connectivity index (χ2n) is 4.67. The number of hydrogen-bond donors (Lipinski definition) is 1. The van der Waals surface area contributed by atoms with Gasteiger partial charge in [-0.1, -0.05) is 12.1 Å². The van der Waals surface area contributed by atoms with E-state index in [1.807, 2.05) is 12.1 Å². The SMILES string of the molecule is Cc1cccc(N)c1N1CC2CC2C1. The zero-order valence-corrected chi connectivity index (χ0v) is 8.53. The van der Waals surface area contributed by atoms with E-state index < -0.39 is 0 Å². The van der Waals surface area contributed by atoms with Crippen molar-refractivity contribution < 1.29 is 0 Å². The highest BCUT2D eigenvalue weighted by Crippen LogP contribution is 2.47. The molecule has 1 aliphatic carbocycles. The molecule has 2 atom stereocenters. The molecule has 1 heterocycles. The molecule has 2 heteroatoms. The first-order valence-electron chi connectivity index (χ1n) is 5.36. The molecule has 0 spiro atoms. The summed E-state index contributed by atoms with van der Waals surface area (Å²) in [6.45, 7) is 4.59. The number of piperidine rings is 1. The second-order valence-corrected chi connectivity index (χ2v) is 4.67. The Hall–Kier alpha value is -1.18. The minimum absolute atomic E-state index is 0.936. The summed E-state index contributed by atoms with van der Waals surface area (Å²) >= 11 is 0. The van der Waals surface area contributed by atoms with Gasteiger partial charge in [0.2, 0.25) is 0 Å². The van der Waals surface area contributed by atoms with Gasteiger partial charge in [0.15, 0.2) is 0 Å². The van der Waals surface area contributed by atoms with E-state index in [9.17, 15) is 0 Å². The molecule has 74 valence electrons. The number of para-hydroxylation sites is 1. The first-order chi connectivity index (χ1) is 6.75. The Kier molecular flexibility index (Phi) is 1.55. The molecule has 2 aliphatic rings. The quantitative estimate of drug-likeness (QED) is 0.683. The molecule has 2 fully saturated rings. The van der Waals surface area contributed by atoms with Gasteiger partial charge in [0, 0.05) is 13.1 Å². The van der Waals surface area contributed by atoms with Crippen LogP contribution in [0.2, 0.25) is 0 Å². The average Bonchev–Trinajstić information content (AvgIpc) is 2.74. The van der Waals surface area contributed by atoms with Crippen LogP contribution in [0.5, 0.6) is 0 Å². The van der Waals surface area contributed by atoms with Gasteiger partial charge >= 0.3 is 0 Å². The summed E-state index contributed by atoms with van der Waals surface area (Å²) < 4.78 is 0. The van der Waals surface area contributed by atoms with Crippen molar-refractivity contribution in [3.8, 4) is 0 Å². The van der Waals surface area contributed by atoms with Crippen LogP contribution in [0.3, 0.4) is 0 Å². The molecule has 0 bridgehead atoms. The molecule has 1 aromatic rings. The molecule has 2 N–H and O–H groups in total. The normalized spacial score (nSPS) is 29.1. The highest BCUT2D eigenvalue weighted by Gasteiger charge is 2.45. The lowest BCUT2D eigenvalue weighted by molar-refractivity contribution is 0.818. The number of nitrogens with zero attached hydrogens (tertiary/aromatic N) is 1. The van der Waals surface area contributed by atoms with E-state index in [1.165, 1.54) is 30.8 Å². The van der Waals surface area contributed by atoms with E-state index in [4.69, 9.17) is 5.73 Å². The highest BCUT2D eigenvalue weighted by molar-refractivity contribution is 5.72. The first kappa shape index (κ1) is 8.16. The lowest BCUT2D eigenvalue weighted by Crippen LogP contribution is -2.23. The summed E-state index contributed by atoms with van der Waals surface area (Å²) in [6.07, 6.45) is 1.45. The van der Waals surface area contributed by atoms with Crippen molar-refractivity contribution in [2.24, 2.45) is 11.8 Å². The molecule has 1 saturated carbocycles. The van der Waals surface area contributed by atoms with Crippen molar-refractivity contribution in [3.63, 3.8) is 0 Å². The maximum absolute atomic E-state index is 6.02. The Bertz CT molecular complexity index is 342. The third-order valence-corrected chi connectivity index (χ3v) is 3.56. The molecule has 14 heavy (non-hydrogen) atoms. The Morgan fingerprint density at radius 2 is 2.00 bits per heavy atom. The smallest absolute Gasteiger partial charge is 0.0629 e. The summed E-state index contributed by atoms with van der Waals surface area (Å²) in [6, 6.07) is 6.19. The van der Waals surface area contributed by atoms with Crippen LogP contribution >= 0.6 is 0 Å². The van der Waals surface area contributed by atoms with Crippen LogP contribution in [0, 0.1) is 18.8 Å². The van der Waals surface area contributed by atoms with Crippen molar-refractivity contribution >= 4 is 11.4 Å². The minimum atomic E-state index is 0.936. The monoisotopic (exact) mass is 188 g/mol. The van der Waals surface area contributed by atoms with Crippen LogP contribution in [0.1, 0.15) is 12.0 Å². The number of rotatable bonds is 1. The van der Waals surface area contributed by atoms with Crippen molar-refractivity contribution in [1.82, 2.24) is 0 Å². The highest BCUT2D eigenvalue weighted by atomic mass is 15.2. The summed E-state index contributed by atoms with van der Waals surface area (Å²) in [5.74, 6) is 1.93. The first-order valence-corrected chi connectivity index (χ1v) is 5.36. The number of aryl methyl sites for hydroxylation is 1. The van der Waals surface area contributed by atoms with Crippen LogP contribution in [0.25, 0.3) is 0 Å². The maximum Gasteiger partial charge on any atom is 0.0629 e. The molecule has 0 radical (unpaired) electrons. The molecule has 2 nitrogen and oxygen atoms in total. The molecule has 1 aliphatic heterocycles. The van der Waals surface area contributed by atoms with Crippen molar-refractivity contribution in [2.75, 3.05) is 23.7 Å². The van der Waals surface area contributed by atoms with Crippen molar-refractivity contribution in [1.29, 1.82) is 0 Å². The predicted molar refractivity (Wildman–Crippen MR) is 59.4 cm³/mol. The van der Waals surface area contributed by atoms with Gasteiger partial charge in [-0.05, 0) is 36.8 Å². The Morgan fingerprint density at radius 3 is 2.64 bits per heavy atom. The van der Waals surface area contributed by atoms with Gasteiger partial charge in [0.25, 0.3) is 0 Å². The van der Waals surface area contributed by atoms with Crippen LogP contribution < -0.4 is 10.6 Å². The lowest BCUT2D eigenvalue weighted by atomic mass is 10.1. The topological polar surface area (TPSA) is 29.3 Å². The van der Waals surface area contributed by atoms with Gasteiger partial charge in [-0.15, -0.1) is 0 Å². The molecule has 2 unspecified atom stereocenters. The Balaban J connectivity index is 1.95. The largest absolute Gasteiger partial charge is 0.397 e. The Labute approximate surface area is 84.7 Å². The summed E-state index contributed by atoms with van der Waals surface area (Å²) in [5.41, 5.74) is 9.55. The maximum atomic E-state index is 6.02. The zero-order valence-electron chi connectivity index (χ0n) is 8.53. The summed E-state index contributed by atoms with van der Waals surface area (Å²) in [5, 5.41) is 0. The number of benzene rings is 1. The third-order valence-electron chi connectivity index (χ3n) is 3.56. The van der Waals surface area contributed by atoms with E-state index in [0.29, 0.717) is 0 Å². The molecule has 3 rings (SSSR count). The number of nitrogens with two attached hydrogens (primary N) is 1. The standard InChI is InChI=1S/C12H16N2/c1-8-3-2-4-11(13)12(8)14-6-9-5-10(9)7-14/h2-4,9-10H,5-7,13H2,1H3. The summed E-state index contributed by atoms with van der Waals surface area (Å²) in [4.78, 5) is 2.46. The summed E-state index contributed by atoms with van der Waals surface area (Å²) in [7, 11) is 0. The van der Waals surface area contributed by atoms with Crippen LogP contribution in [0.15, 0.2) is 18.2 Å². The van der Waals surface area contributed by atoms with Crippen LogP contribution in [-0.2, 0) is 0 Å². The van der Waals surface area contributed by atoms with E-state index in [0.717, 1.165) is 17.5 Å². The van der Waals surface area contributed by atoms with Gasteiger partial charge in [0.05, 0.1) is 11.4 Å². The van der Waals surface area contributed by atoms with Gasteiger partial charge in [-0.25, -0.2) is 0 Å². The van der Waals surface area contributed by atoms with Crippen LogP contribution in [-0.4, -0.2) is 13.1 Å². The number of nitrogen functional groups attached to an aromatic ring is 1. The van der Waals surface area contributed by atoms with Crippen molar-refractivity contribution in [2.45, 2.75) is 13.3 Å². The second kappa shape index (κ2) is 2.66. The number of fused-ring (bicyclic) bond motifs is 1. The van der Waals surface area contributed by atoms with Gasteiger partial charge in [-0.2, -0.15) is 0 Å². The van der Waals surface area contributed by atoms with E-state index in [1.54, 1.807) is 0 Å². The predicted octanol–water partition coefficient (Wildman–Crippen LogP) is 2.03. The number of anilines is 2. The fourth-order valence-electron chi connectivity index (χ4n) is 2.69. The molecule has 0 aromatic heterocycles. The van der Waals surface area contributed by atoms with E-state index in [-0.39, 0.29) is 0 Å². The molecular formula is C12H16N2. The van der Waals surface area contributed by atoms with Crippen LogP contribution in [0.4, 0.5) is 11.4 Å². The molecule has 0 amide bonds. The molecule has 1 saturated heterocycles. The van der Waals surface area contributed by atoms with E-state index in [2.05, 4.69) is 17.9 Å². The number of hydrogen-bond acceptors (Lipinski definition) is 2. The van der Waals surface area contributed by atoms with Gasteiger partial charge in [-0.3, -0.25) is 0 Å². The van der Waals surface area contributed by atoms with Gasteiger partial charge in [0.1, 0.15) is 0 Å².